The number of ether oxygens (including phenoxy) is 1. The number of hydrogen-bond donors (Lipinski definition) is 2. The molecule has 1 aliphatic rings. The maximum atomic E-state index is 12.1. The number of aliphatic hydroxyl groups is 1. The van der Waals surface area contributed by atoms with Gasteiger partial charge in [0.15, 0.2) is 0 Å². The van der Waals surface area contributed by atoms with E-state index in [0.29, 0.717) is 12.1 Å². The molecular formula is C16H21F3N2O3. The number of carbonyl (C=O) groups excluding carboxylic acids is 1. The highest BCUT2D eigenvalue weighted by atomic mass is 19.4. The number of nitrogens with zero attached hydrogens (tertiary/aromatic N) is 1. The van der Waals surface area contributed by atoms with E-state index in [-0.39, 0.29) is 36.8 Å². The molecule has 2 N–H and O–H groups in total. The number of nitrogens with one attached hydrogen (secondary N) is 1. The van der Waals surface area contributed by atoms with E-state index < -0.39 is 6.36 Å². The lowest BCUT2D eigenvalue weighted by molar-refractivity contribution is -0.274. The second-order valence-corrected chi connectivity index (χ2v) is 5.98. The van der Waals surface area contributed by atoms with Crippen LogP contribution >= 0.6 is 0 Å². The monoisotopic (exact) mass is 346 g/mol. The number of halogens is 3. The third-order valence-electron chi connectivity index (χ3n) is 3.99. The van der Waals surface area contributed by atoms with Crippen LogP contribution in [0.3, 0.4) is 0 Å². The van der Waals surface area contributed by atoms with Gasteiger partial charge in [-0.2, -0.15) is 0 Å². The molecule has 2 unspecified atom stereocenters. The second-order valence-electron chi connectivity index (χ2n) is 5.98. The fourth-order valence-corrected chi connectivity index (χ4v) is 2.74. The van der Waals surface area contributed by atoms with Crippen molar-refractivity contribution in [2.45, 2.75) is 25.7 Å². The largest absolute Gasteiger partial charge is 0.573 e. The molecule has 0 aromatic heterocycles. The Labute approximate surface area is 138 Å². The van der Waals surface area contributed by atoms with Crippen LogP contribution in [-0.2, 0) is 4.79 Å². The van der Waals surface area contributed by atoms with E-state index in [1.165, 1.54) is 24.3 Å². The Balaban J connectivity index is 1.83. The summed E-state index contributed by atoms with van der Waals surface area (Å²) in [5, 5.41) is 11.9. The standard InChI is InChI=1S/C16H21F3N2O3/c1-11(13-2-4-14(5-3-13)24-16(17,18)19)20-15(23)9-21-7-6-12(8-21)10-22/h2-5,11-12,22H,6-10H2,1H3,(H,20,23). The van der Waals surface area contributed by atoms with Gasteiger partial charge in [-0.1, -0.05) is 12.1 Å². The molecule has 5 nitrogen and oxygen atoms in total. The summed E-state index contributed by atoms with van der Waals surface area (Å²) in [4.78, 5) is 14.0. The zero-order valence-electron chi connectivity index (χ0n) is 13.3. The molecule has 134 valence electrons. The van der Waals surface area contributed by atoms with E-state index in [2.05, 4.69) is 10.1 Å². The zero-order valence-corrected chi connectivity index (χ0v) is 13.3. The van der Waals surface area contributed by atoms with Gasteiger partial charge in [-0.25, -0.2) is 0 Å². The molecule has 24 heavy (non-hydrogen) atoms. The normalized spacial score (nSPS) is 20.0. The molecule has 0 saturated carbocycles. The van der Waals surface area contributed by atoms with Crippen LogP contribution in [0.25, 0.3) is 0 Å². The number of likely N-dealkylation sites (tertiary alicyclic amines) is 1. The van der Waals surface area contributed by atoms with Crippen LogP contribution < -0.4 is 10.1 Å². The molecule has 2 rings (SSSR count). The fourth-order valence-electron chi connectivity index (χ4n) is 2.74. The maximum absolute atomic E-state index is 12.1. The number of benzene rings is 1. The number of aliphatic hydroxyl groups excluding tert-OH is 1. The summed E-state index contributed by atoms with van der Waals surface area (Å²) in [7, 11) is 0. The van der Waals surface area contributed by atoms with E-state index in [9.17, 15) is 18.0 Å². The molecule has 1 saturated heterocycles. The number of carbonyl (C=O) groups is 1. The average Bonchev–Trinajstić information content (AvgIpc) is 2.93. The third kappa shape index (κ3) is 5.68. The van der Waals surface area contributed by atoms with Gasteiger partial charge in [0.05, 0.1) is 12.6 Å². The smallest absolute Gasteiger partial charge is 0.406 e. The van der Waals surface area contributed by atoms with Gasteiger partial charge in [-0.15, -0.1) is 13.2 Å². The molecule has 0 aliphatic carbocycles. The van der Waals surface area contributed by atoms with E-state index in [1.54, 1.807) is 6.92 Å². The summed E-state index contributed by atoms with van der Waals surface area (Å²) in [6, 6.07) is 5.09. The van der Waals surface area contributed by atoms with E-state index in [4.69, 9.17) is 5.11 Å². The highest BCUT2D eigenvalue weighted by Crippen LogP contribution is 2.24. The molecule has 0 radical (unpaired) electrons. The van der Waals surface area contributed by atoms with E-state index in [0.717, 1.165) is 13.0 Å². The van der Waals surface area contributed by atoms with Gasteiger partial charge in [0.25, 0.3) is 0 Å². The number of amides is 1. The maximum Gasteiger partial charge on any atom is 0.573 e. The van der Waals surface area contributed by atoms with Gasteiger partial charge in [0, 0.05) is 13.2 Å². The summed E-state index contributed by atoms with van der Waals surface area (Å²) >= 11 is 0. The summed E-state index contributed by atoms with van der Waals surface area (Å²) in [6.45, 7) is 3.60. The number of hydrogen-bond acceptors (Lipinski definition) is 4. The van der Waals surface area contributed by atoms with Gasteiger partial charge >= 0.3 is 6.36 Å². The Morgan fingerprint density at radius 3 is 2.62 bits per heavy atom. The Hall–Kier alpha value is -1.80. The van der Waals surface area contributed by atoms with Crippen molar-refractivity contribution >= 4 is 5.91 Å². The molecule has 1 amide bonds. The van der Waals surface area contributed by atoms with Crippen LogP contribution in [-0.4, -0.2) is 48.5 Å². The number of alkyl halides is 3. The molecule has 8 heteroatoms. The Morgan fingerprint density at radius 2 is 2.08 bits per heavy atom. The van der Waals surface area contributed by atoms with Crippen molar-refractivity contribution in [2.24, 2.45) is 5.92 Å². The summed E-state index contributed by atoms with van der Waals surface area (Å²) in [5.74, 6) is -0.231. The minimum Gasteiger partial charge on any atom is -0.406 e. The van der Waals surface area contributed by atoms with Gasteiger partial charge in [0.1, 0.15) is 5.75 Å². The lowest BCUT2D eigenvalue weighted by Gasteiger charge is -2.19. The highest BCUT2D eigenvalue weighted by Gasteiger charge is 2.31. The summed E-state index contributed by atoms with van der Waals surface area (Å²) in [5.41, 5.74) is 0.688. The first-order chi connectivity index (χ1) is 11.3. The van der Waals surface area contributed by atoms with Crippen LogP contribution in [0, 0.1) is 5.92 Å². The van der Waals surface area contributed by atoms with Crippen LogP contribution in [0.15, 0.2) is 24.3 Å². The van der Waals surface area contributed by atoms with Crippen molar-refractivity contribution in [1.82, 2.24) is 10.2 Å². The van der Waals surface area contributed by atoms with Crippen molar-refractivity contribution in [3.63, 3.8) is 0 Å². The van der Waals surface area contributed by atoms with Gasteiger partial charge < -0.3 is 15.2 Å². The summed E-state index contributed by atoms with van der Waals surface area (Å²) in [6.07, 6.45) is -3.84. The predicted octanol–water partition coefficient (Wildman–Crippen LogP) is 2.08. The Kier molecular flexibility index (Phi) is 6.06. The van der Waals surface area contributed by atoms with Crippen molar-refractivity contribution < 1.29 is 27.8 Å². The summed E-state index contributed by atoms with van der Waals surface area (Å²) < 4.78 is 40.2. The minimum atomic E-state index is -4.72. The van der Waals surface area contributed by atoms with Gasteiger partial charge in [0.2, 0.25) is 5.91 Å². The molecule has 1 heterocycles. The lowest BCUT2D eigenvalue weighted by Crippen LogP contribution is -2.37. The van der Waals surface area contributed by atoms with Gasteiger partial charge in [-0.05, 0) is 43.5 Å². The molecule has 1 aliphatic heterocycles. The van der Waals surface area contributed by atoms with Crippen LogP contribution in [0.2, 0.25) is 0 Å². The molecule has 1 aromatic rings. The van der Waals surface area contributed by atoms with Crippen LogP contribution in [0.4, 0.5) is 13.2 Å². The predicted molar refractivity (Wildman–Crippen MR) is 81.3 cm³/mol. The zero-order chi connectivity index (χ0) is 17.7. The lowest BCUT2D eigenvalue weighted by atomic mass is 10.1. The molecule has 0 spiro atoms. The molecule has 0 bridgehead atoms. The van der Waals surface area contributed by atoms with E-state index >= 15 is 0 Å². The first-order valence-electron chi connectivity index (χ1n) is 7.75. The first-order valence-corrected chi connectivity index (χ1v) is 7.75. The van der Waals surface area contributed by atoms with Gasteiger partial charge in [-0.3, -0.25) is 9.69 Å². The molecular weight excluding hydrogens is 325 g/mol. The second kappa shape index (κ2) is 7.85. The average molecular weight is 346 g/mol. The first kappa shape index (κ1) is 18.5. The van der Waals surface area contributed by atoms with E-state index in [1.807, 2.05) is 4.90 Å². The SMILES string of the molecule is CC(NC(=O)CN1CCC(CO)C1)c1ccc(OC(F)(F)F)cc1. The quantitative estimate of drug-likeness (QED) is 0.828. The molecule has 1 fully saturated rings. The highest BCUT2D eigenvalue weighted by molar-refractivity contribution is 5.78. The Bertz CT molecular complexity index is 548. The fraction of sp³-hybridized carbons (Fsp3) is 0.562. The van der Waals surface area contributed by atoms with Crippen molar-refractivity contribution in [3.05, 3.63) is 29.8 Å². The molecule has 1 aromatic carbocycles. The van der Waals surface area contributed by atoms with Crippen molar-refractivity contribution in [2.75, 3.05) is 26.2 Å². The number of rotatable bonds is 6. The molecule has 2 atom stereocenters. The van der Waals surface area contributed by atoms with Crippen molar-refractivity contribution in [1.29, 1.82) is 0 Å². The topological polar surface area (TPSA) is 61.8 Å². The Morgan fingerprint density at radius 1 is 1.42 bits per heavy atom. The minimum absolute atomic E-state index is 0.126. The third-order valence-corrected chi connectivity index (χ3v) is 3.99. The van der Waals surface area contributed by atoms with Crippen LogP contribution in [0.5, 0.6) is 5.75 Å². The van der Waals surface area contributed by atoms with Crippen molar-refractivity contribution in [3.8, 4) is 5.75 Å². The van der Waals surface area contributed by atoms with Crippen LogP contribution in [0.1, 0.15) is 24.9 Å².